The molecule has 2 aromatic carbocycles. The number of hydrogen-bond acceptors (Lipinski definition) is 4. The van der Waals surface area contributed by atoms with Crippen LogP contribution >= 0.6 is 23.2 Å². The van der Waals surface area contributed by atoms with Gasteiger partial charge < -0.3 is 15.4 Å². The summed E-state index contributed by atoms with van der Waals surface area (Å²) in [6, 6.07) is 12.4. The number of aryl methyl sites for hydroxylation is 1. The van der Waals surface area contributed by atoms with E-state index in [-0.39, 0.29) is 5.57 Å². The molecule has 0 heterocycles. The van der Waals surface area contributed by atoms with Crippen LogP contribution in [0.4, 0.5) is 5.69 Å². The fourth-order valence-electron chi connectivity index (χ4n) is 2.12. The van der Waals surface area contributed by atoms with Crippen molar-refractivity contribution in [2.75, 3.05) is 12.4 Å². The van der Waals surface area contributed by atoms with Gasteiger partial charge in [-0.3, -0.25) is 4.79 Å². The maximum Gasteiger partial charge on any atom is 0.263 e. The van der Waals surface area contributed by atoms with E-state index in [4.69, 9.17) is 27.9 Å². The molecule has 0 aliphatic carbocycles. The number of nitriles is 1. The fourth-order valence-corrected chi connectivity index (χ4v) is 2.40. The number of nitrogens with zero attached hydrogens (tertiary/aromatic N) is 1. The van der Waals surface area contributed by atoms with Crippen molar-refractivity contribution in [3.8, 4) is 11.8 Å². The lowest BCUT2D eigenvalue weighted by Gasteiger charge is -2.11. The van der Waals surface area contributed by atoms with E-state index in [2.05, 4.69) is 10.6 Å². The summed E-state index contributed by atoms with van der Waals surface area (Å²) >= 11 is 11.9. The second-order valence-electron chi connectivity index (χ2n) is 5.42. The Morgan fingerprint density at radius 1 is 1.27 bits per heavy atom. The number of carbonyl (C=O) groups is 1. The Kier molecular flexibility index (Phi) is 6.90. The summed E-state index contributed by atoms with van der Waals surface area (Å²) in [5, 5.41) is 16.0. The number of rotatable bonds is 6. The maximum atomic E-state index is 12.2. The van der Waals surface area contributed by atoms with Crippen LogP contribution in [0.2, 0.25) is 10.0 Å². The first-order valence-electron chi connectivity index (χ1n) is 7.68. The Balaban J connectivity index is 2.07. The van der Waals surface area contributed by atoms with Crippen LogP contribution in [0.25, 0.3) is 0 Å². The predicted molar refractivity (Wildman–Crippen MR) is 103 cm³/mol. The molecule has 5 nitrogen and oxygen atoms in total. The molecule has 0 unspecified atom stereocenters. The molecular formula is C19H17Cl2N3O2. The number of hydrogen-bond donors (Lipinski definition) is 2. The van der Waals surface area contributed by atoms with Gasteiger partial charge in [0, 0.05) is 28.9 Å². The molecule has 0 aliphatic heterocycles. The highest BCUT2D eigenvalue weighted by Gasteiger charge is 2.10. The van der Waals surface area contributed by atoms with Crippen molar-refractivity contribution < 1.29 is 9.53 Å². The molecule has 0 aliphatic rings. The largest absolute Gasteiger partial charge is 0.495 e. The lowest BCUT2D eigenvalue weighted by atomic mass is 10.2. The van der Waals surface area contributed by atoms with Crippen molar-refractivity contribution in [1.29, 1.82) is 5.26 Å². The average Bonchev–Trinajstić information content (AvgIpc) is 2.64. The van der Waals surface area contributed by atoms with Gasteiger partial charge in [0.05, 0.1) is 12.8 Å². The zero-order valence-corrected chi connectivity index (χ0v) is 15.8. The predicted octanol–water partition coefficient (Wildman–Crippen LogP) is 4.45. The first-order valence-corrected chi connectivity index (χ1v) is 8.43. The van der Waals surface area contributed by atoms with Crippen LogP contribution in [-0.2, 0) is 11.3 Å². The van der Waals surface area contributed by atoms with Gasteiger partial charge in [-0.05, 0) is 36.2 Å². The summed E-state index contributed by atoms with van der Waals surface area (Å²) in [7, 11) is 1.51. The third-order valence-corrected chi connectivity index (χ3v) is 4.24. The molecule has 26 heavy (non-hydrogen) atoms. The minimum absolute atomic E-state index is 0.0615. The van der Waals surface area contributed by atoms with Crippen molar-refractivity contribution in [2.24, 2.45) is 0 Å². The standard InChI is InChI=1S/C19H17Cl2N3O2/c1-12-7-17(18(26-2)8-16(12)21)23-11-14(9-22)19(25)24-10-13-3-5-15(20)6-4-13/h3-8,11,23H,10H2,1-2H3,(H,24,25)/b14-11-. The second-order valence-corrected chi connectivity index (χ2v) is 6.27. The first-order chi connectivity index (χ1) is 12.4. The Labute approximate surface area is 162 Å². The molecule has 1 amide bonds. The Bertz CT molecular complexity index is 872. The molecule has 2 rings (SSSR count). The highest BCUT2D eigenvalue weighted by Crippen LogP contribution is 2.31. The van der Waals surface area contributed by atoms with Crippen LogP contribution in [0.3, 0.4) is 0 Å². The molecule has 0 aromatic heterocycles. The summed E-state index contributed by atoms with van der Waals surface area (Å²) in [6.07, 6.45) is 1.34. The number of halogens is 2. The van der Waals surface area contributed by atoms with E-state index in [1.807, 2.05) is 13.0 Å². The van der Waals surface area contributed by atoms with Crippen molar-refractivity contribution in [3.63, 3.8) is 0 Å². The zero-order chi connectivity index (χ0) is 19.1. The smallest absolute Gasteiger partial charge is 0.263 e. The van der Waals surface area contributed by atoms with Crippen LogP contribution in [0.5, 0.6) is 5.75 Å². The van der Waals surface area contributed by atoms with Gasteiger partial charge in [-0.15, -0.1) is 0 Å². The van der Waals surface area contributed by atoms with E-state index in [1.165, 1.54) is 13.3 Å². The third kappa shape index (κ3) is 5.16. The molecule has 0 fully saturated rings. The monoisotopic (exact) mass is 389 g/mol. The molecule has 134 valence electrons. The molecule has 7 heteroatoms. The van der Waals surface area contributed by atoms with Gasteiger partial charge >= 0.3 is 0 Å². The summed E-state index contributed by atoms with van der Waals surface area (Å²) in [6.45, 7) is 2.14. The van der Waals surface area contributed by atoms with Crippen LogP contribution < -0.4 is 15.4 Å². The number of methoxy groups -OCH3 is 1. The second kappa shape index (κ2) is 9.14. The van der Waals surface area contributed by atoms with E-state index in [9.17, 15) is 10.1 Å². The molecule has 0 bridgehead atoms. The van der Waals surface area contributed by atoms with Gasteiger partial charge in [-0.2, -0.15) is 5.26 Å². The number of amides is 1. The first kappa shape index (κ1) is 19.6. The van der Waals surface area contributed by atoms with Gasteiger partial charge in [0.2, 0.25) is 0 Å². The highest BCUT2D eigenvalue weighted by molar-refractivity contribution is 6.31. The molecule has 0 saturated heterocycles. The van der Waals surface area contributed by atoms with Crippen molar-refractivity contribution in [3.05, 3.63) is 69.3 Å². The van der Waals surface area contributed by atoms with Crippen molar-refractivity contribution in [2.45, 2.75) is 13.5 Å². The Morgan fingerprint density at radius 3 is 2.58 bits per heavy atom. The number of anilines is 1. The van der Waals surface area contributed by atoms with Crippen LogP contribution in [-0.4, -0.2) is 13.0 Å². The number of benzene rings is 2. The van der Waals surface area contributed by atoms with Gasteiger partial charge in [0.15, 0.2) is 0 Å². The SMILES string of the molecule is COc1cc(Cl)c(C)cc1N/C=C(/C#N)C(=O)NCc1ccc(Cl)cc1. The minimum atomic E-state index is -0.486. The van der Waals surface area contributed by atoms with Gasteiger partial charge in [-0.1, -0.05) is 35.3 Å². The van der Waals surface area contributed by atoms with Crippen molar-refractivity contribution >= 4 is 34.8 Å². The van der Waals surface area contributed by atoms with E-state index in [0.717, 1.165) is 11.1 Å². The summed E-state index contributed by atoms with van der Waals surface area (Å²) in [5.74, 6) is 0.0234. The van der Waals surface area contributed by atoms with Gasteiger partial charge in [-0.25, -0.2) is 0 Å². The number of ether oxygens (including phenoxy) is 1. The topological polar surface area (TPSA) is 74.1 Å². The van der Waals surface area contributed by atoms with Crippen LogP contribution in [0.1, 0.15) is 11.1 Å². The molecule has 2 aromatic rings. The normalized spacial score (nSPS) is 10.8. The molecule has 0 spiro atoms. The van der Waals surface area contributed by atoms with Crippen LogP contribution in [0.15, 0.2) is 48.2 Å². The summed E-state index contributed by atoms with van der Waals surface area (Å²) in [4.78, 5) is 12.2. The van der Waals surface area contributed by atoms with Gasteiger partial charge in [0.25, 0.3) is 5.91 Å². The molecule has 0 radical (unpaired) electrons. The summed E-state index contributed by atoms with van der Waals surface area (Å²) in [5.41, 5.74) is 2.26. The maximum absolute atomic E-state index is 12.2. The quantitative estimate of drug-likeness (QED) is 0.565. The van der Waals surface area contributed by atoms with E-state index >= 15 is 0 Å². The van der Waals surface area contributed by atoms with E-state index < -0.39 is 5.91 Å². The third-order valence-electron chi connectivity index (χ3n) is 3.58. The Morgan fingerprint density at radius 2 is 1.96 bits per heavy atom. The molecule has 2 N–H and O–H groups in total. The van der Waals surface area contributed by atoms with Crippen LogP contribution in [0, 0.1) is 18.3 Å². The molecule has 0 atom stereocenters. The lowest BCUT2D eigenvalue weighted by molar-refractivity contribution is -0.117. The van der Waals surface area contributed by atoms with E-state index in [1.54, 1.807) is 36.4 Å². The number of nitrogens with one attached hydrogen (secondary N) is 2. The molecular weight excluding hydrogens is 373 g/mol. The number of carbonyl (C=O) groups excluding carboxylic acids is 1. The average molecular weight is 390 g/mol. The summed E-state index contributed by atoms with van der Waals surface area (Å²) < 4.78 is 5.25. The van der Waals surface area contributed by atoms with Crippen molar-refractivity contribution in [1.82, 2.24) is 5.32 Å². The van der Waals surface area contributed by atoms with Gasteiger partial charge in [0.1, 0.15) is 17.4 Å². The Hall–Kier alpha value is -2.68. The van der Waals surface area contributed by atoms with E-state index in [0.29, 0.717) is 28.0 Å². The fraction of sp³-hybridized carbons (Fsp3) is 0.158. The lowest BCUT2D eigenvalue weighted by Crippen LogP contribution is -2.24. The minimum Gasteiger partial charge on any atom is -0.495 e. The molecule has 0 saturated carbocycles. The highest BCUT2D eigenvalue weighted by atomic mass is 35.5. The zero-order valence-electron chi connectivity index (χ0n) is 14.3.